The zero-order valence-electron chi connectivity index (χ0n) is 21.1. The van der Waals surface area contributed by atoms with Gasteiger partial charge in [0.25, 0.3) is 5.56 Å². The Labute approximate surface area is 234 Å². The van der Waals surface area contributed by atoms with Crippen molar-refractivity contribution in [2.75, 3.05) is 12.0 Å². The predicted octanol–water partition coefficient (Wildman–Crippen LogP) is 4.94. The van der Waals surface area contributed by atoms with E-state index in [-0.39, 0.29) is 16.0 Å². The van der Waals surface area contributed by atoms with Gasteiger partial charge in [0.15, 0.2) is 21.0 Å². The van der Waals surface area contributed by atoms with Crippen LogP contribution < -0.4 is 11.3 Å². The molecule has 0 saturated heterocycles. The lowest BCUT2D eigenvalue weighted by Crippen LogP contribution is -2.22. The first kappa shape index (κ1) is 25.5. The van der Waals surface area contributed by atoms with E-state index in [4.69, 9.17) is 22.3 Å². The molecule has 2 N–H and O–H groups in total. The van der Waals surface area contributed by atoms with Gasteiger partial charge in [0, 0.05) is 34.3 Å². The summed E-state index contributed by atoms with van der Waals surface area (Å²) in [6.45, 7) is 0. The van der Waals surface area contributed by atoms with Gasteiger partial charge in [-0.3, -0.25) is 13.9 Å². The minimum Gasteiger partial charge on any atom is -0.384 e. The largest absolute Gasteiger partial charge is 0.384 e. The first-order chi connectivity index (χ1) is 19.2. The van der Waals surface area contributed by atoms with Crippen molar-refractivity contribution in [1.29, 1.82) is 0 Å². The normalized spacial score (nSPS) is 11.7. The van der Waals surface area contributed by atoms with E-state index in [1.165, 1.54) is 23.0 Å². The van der Waals surface area contributed by atoms with Crippen LogP contribution in [0, 0.1) is 0 Å². The van der Waals surface area contributed by atoms with Crippen molar-refractivity contribution in [2.24, 2.45) is 0 Å². The molecule has 3 heterocycles. The van der Waals surface area contributed by atoms with Crippen LogP contribution in [0.3, 0.4) is 0 Å². The summed E-state index contributed by atoms with van der Waals surface area (Å²) in [5, 5.41) is 0.531. The van der Waals surface area contributed by atoms with Gasteiger partial charge in [-0.15, -0.1) is 0 Å². The molecule has 0 aliphatic heterocycles. The van der Waals surface area contributed by atoms with E-state index >= 15 is 0 Å². The van der Waals surface area contributed by atoms with E-state index in [9.17, 15) is 13.2 Å². The van der Waals surface area contributed by atoms with E-state index < -0.39 is 9.84 Å². The Morgan fingerprint density at radius 2 is 1.52 bits per heavy atom. The molecule has 0 spiro atoms. The van der Waals surface area contributed by atoms with Crippen LogP contribution in [0.15, 0.2) is 107 Å². The monoisotopic (exact) mass is 568 g/mol. The van der Waals surface area contributed by atoms with E-state index in [1.807, 2.05) is 30.3 Å². The second kappa shape index (κ2) is 9.74. The fourth-order valence-electron chi connectivity index (χ4n) is 4.42. The van der Waals surface area contributed by atoms with Crippen LogP contribution in [-0.4, -0.2) is 38.8 Å². The van der Waals surface area contributed by atoms with Crippen LogP contribution in [0.5, 0.6) is 0 Å². The number of sulfone groups is 1. The van der Waals surface area contributed by atoms with Crippen LogP contribution in [0.4, 0.5) is 5.82 Å². The minimum atomic E-state index is -3.45. The third-order valence-corrected chi connectivity index (χ3v) is 7.81. The van der Waals surface area contributed by atoms with Gasteiger partial charge in [-0.25, -0.2) is 23.4 Å². The Bertz CT molecular complexity index is 2050. The molecule has 0 unspecified atom stereocenters. The minimum absolute atomic E-state index is 0.132. The second-order valence-electron chi connectivity index (χ2n) is 9.16. The number of fused-ring (bicyclic) bond motifs is 1. The maximum Gasteiger partial charge on any atom is 0.286 e. The summed E-state index contributed by atoms with van der Waals surface area (Å²) in [7, 11) is -3.45. The molecule has 3 aromatic carbocycles. The predicted molar refractivity (Wildman–Crippen MR) is 156 cm³/mol. The van der Waals surface area contributed by atoms with Crippen molar-refractivity contribution in [3.8, 4) is 33.9 Å². The number of hydrogen-bond donors (Lipinski definition) is 1. The molecule has 3 aromatic heterocycles. The average Bonchev–Trinajstić information content (AvgIpc) is 3.38. The number of imidazole rings is 1. The molecule has 0 aliphatic carbocycles. The highest BCUT2D eigenvalue weighted by Crippen LogP contribution is 2.27. The van der Waals surface area contributed by atoms with E-state index in [2.05, 4.69) is 9.97 Å². The highest BCUT2D eigenvalue weighted by molar-refractivity contribution is 7.90. The summed E-state index contributed by atoms with van der Waals surface area (Å²) in [5.74, 6) is 0.811. The molecule has 0 atom stereocenters. The van der Waals surface area contributed by atoms with E-state index in [0.29, 0.717) is 39.3 Å². The van der Waals surface area contributed by atoms with E-state index in [0.717, 1.165) is 17.4 Å². The number of nitrogens with zero attached hydrogens (tertiary/aromatic N) is 5. The molecule has 198 valence electrons. The number of halogens is 1. The molecule has 0 aliphatic rings. The zero-order valence-corrected chi connectivity index (χ0v) is 22.6. The Morgan fingerprint density at radius 3 is 2.20 bits per heavy atom. The van der Waals surface area contributed by atoms with Crippen molar-refractivity contribution < 1.29 is 8.42 Å². The Hall–Kier alpha value is -4.80. The molecule has 0 radical (unpaired) electrons. The van der Waals surface area contributed by atoms with Gasteiger partial charge in [-0.2, -0.15) is 0 Å². The third-order valence-electron chi connectivity index (χ3n) is 6.44. The fraction of sp³-hybridized carbons (Fsp3) is 0.0345. The number of benzene rings is 3. The smallest absolute Gasteiger partial charge is 0.286 e. The second-order valence-corrected chi connectivity index (χ2v) is 11.6. The molecule has 11 heteroatoms. The van der Waals surface area contributed by atoms with Gasteiger partial charge < -0.3 is 5.73 Å². The summed E-state index contributed by atoms with van der Waals surface area (Å²) in [6.07, 6.45) is 4.30. The van der Waals surface area contributed by atoms with Crippen molar-refractivity contribution in [3.05, 3.63) is 113 Å². The lowest BCUT2D eigenvalue weighted by Gasteiger charge is -2.14. The first-order valence-electron chi connectivity index (χ1n) is 12.1. The topological polar surface area (TPSA) is 126 Å². The Kier molecular flexibility index (Phi) is 6.21. The number of nitrogen functional groups attached to an aromatic ring is 1. The summed E-state index contributed by atoms with van der Waals surface area (Å²) in [4.78, 5) is 27.5. The van der Waals surface area contributed by atoms with Gasteiger partial charge in [0.05, 0.1) is 10.6 Å². The van der Waals surface area contributed by atoms with Crippen LogP contribution in [0.25, 0.3) is 45.1 Å². The number of aromatic nitrogens is 5. The lowest BCUT2D eigenvalue weighted by atomic mass is 10.1. The van der Waals surface area contributed by atoms with Crippen LogP contribution in [-0.2, 0) is 9.84 Å². The number of rotatable bonds is 5. The van der Waals surface area contributed by atoms with Gasteiger partial charge in [0.2, 0.25) is 0 Å². The molecule has 40 heavy (non-hydrogen) atoms. The van der Waals surface area contributed by atoms with Crippen molar-refractivity contribution >= 4 is 38.4 Å². The number of nitrogens with two attached hydrogens (primary N) is 1. The number of hydrogen-bond acceptors (Lipinski definition) is 7. The standard InChI is InChI=1S/C29H21ClN6O3S/c1-40(38,39)24-4-2-3-23(15-24)35-17-33-26-28(35)34-27(36(29(26)37)22-12-10-21(30)11-13-22)19-7-5-18(6-8-19)20-9-14-25(31)32-16-20/h2-17H,1H3,(H2,31,32). The molecule has 0 bridgehead atoms. The van der Waals surface area contributed by atoms with E-state index in [1.54, 1.807) is 53.2 Å². The fourth-order valence-corrected chi connectivity index (χ4v) is 5.20. The maximum atomic E-state index is 13.9. The van der Waals surface area contributed by atoms with Crippen molar-refractivity contribution in [1.82, 2.24) is 24.1 Å². The number of pyridine rings is 1. The molecule has 9 nitrogen and oxygen atoms in total. The summed E-state index contributed by atoms with van der Waals surface area (Å²) < 4.78 is 27.4. The van der Waals surface area contributed by atoms with Gasteiger partial charge >= 0.3 is 0 Å². The maximum absolute atomic E-state index is 13.9. The third kappa shape index (κ3) is 4.63. The van der Waals surface area contributed by atoms with Gasteiger partial charge in [-0.05, 0) is 60.2 Å². The highest BCUT2D eigenvalue weighted by atomic mass is 35.5. The summed E-state index contributed by atoms with van der Waals surface area (Å²) in [5.41, 5.74) is 9.34. The average molecular weight is 569 g/mol. The SMILES string of the molecule is CS(=O)(=O)c1cccc(-n2cnc3c(=O)n(-c4ccc(Cl)cc4)c(-c4ccc(-c5ccc(N)nc5)cc4)nc32)c1. The first-order valence-corrected chi connectivity index (χ1v) is 14.3. The van der Waals surface area contributed by atoms with Crippen LogP contribution in [0.1, 0.15) is 0 Å². The molecule has 0 fully saturated rings. The van der Waals surface area contributed by atoms with Crippen molar-refractivity contribution in [2.45, 2.75) is 4.90 Å². The lowest BCUT2D eigenvalue weighted by molar-refractivity contribution is 0.602. The molecule has 0 amide bonds. The summed E-state index contributed by atoms with van der Waals surface area (Å²) >= 11 is 6.12. The Morgan fingerprint density at radius 1 is 0.825 bits per heavy atom. The van der Waals surface area contributed by atoms with Crippen molar-refractivity contribution in [3.63, 3.8) is 0 Å². The van der Waals surface area contributed by atoms with Crippen LogP contribution >= 0.6 is 11.6 Å². The van der Waals surface area contributed by atoms with Gasteiger partial charge in [-0.1, -0.05) is 41.9 Å². The van der Waals surface area contributed by atoms with Crippen LogP contribution in [0.2, 0.25) is 5.02 Å². The number of anilines is 1. The molecular weight excluding hydrogens is 548 g/mol. The quantitative estimate of drug-likeness (QED) is 0.312. The molecular formula is C29H21ClN6O3S. The molecule has 0 saturated carbocycles. The van der Waals surface area contributed by atoms with Gasteiger partial charge in [0.1, 0.15) is 18.0 Å². The summed E-state index contributed by atoms with van der Waals surface area (Å²) in [6, 6.07) is 24.5. The zero-order chi connectivity index (χ0) is 28.0. The highest BCUT2D eigenvalue weighted by Gasteiger charge is 2.20. The molecule has 6 aromatic rings. The molecule has 6 rings (SSSR count). The Balaban J connectivity index is 1.57.